The van der Waals surface area contributed by atoms with Gasteiger partial charge in [0.2, 0.25) is 0 Å². The highest BCUT2D eigenvalue weighted by Gasteiger charge is 2.19. The minimum atomic E-state index is -0.429. The number of aromatic nitrogens is 4. The number of hydrogen-bond acceptors (Lipinski definition) is 6. The minimum Gasteiger partial charge on any atom is -0.316 e. The number of hydroxylamine groups is 1. The molecule has 1 atom stereocenters. The molecule has 2 rings (SSSR count). The molecule has 6 nitrogen and oxygen atoms in total. The van der Waals surface area contributed by atoms with E-state index in [0.29, 0.717) is 5.82 Å². The van der Waals surface area contributed by atoms with Gasteiger partial charge in [0.15, 0.2) is 5.82 Å². The SMILES string of the molecule is CSc1cccc(C(NO)c2nnnn2C)c1. The summed E-state index contributed by atoms with van der Waals surface area (Å²) in [5, 5.41) is 20.5. The van der Waals surface area contributed by atoms with Crippen LogP contribution in [0.15, 0.2) is 29.2 Å². The fourth-order valence-corrected chi connectivity index (χ4v) is 2.05. The Morgan fingerprint density at radius 1 is 1.47 bits per heavy atom. The number of nitrogens with one attached hydrogen (secondary N) is 1. The molecule has 1 aromatic heterocycles. The van der Waals surface area contributed by atoms with Gasteiger partial charge in [-0.1, -0.05) is 12.1 Å². The molecule has 0 radical (unpaired) electrons. The van der Waals surface area contributed by atoms with Crippen molar-refractivity contribution in [1.29, 1.82) is 0 Å². The quantitative estimate of drug-likeness (QED) is 0.623. The Labute approximate surface area is 103 Å². The average molecular weight is 251 g/mol. The van der Waals surface area contributed by atoms with Crippen molar-refractivity contribution < 1.29 is 5.21 Å². The molecule has 2 aromatic rings. The predicted octanol–water partition coefficient (Wildman–Crippen LogP) is 1.00. The standard InChI is InChI=1S/C10H13N5OS/c1-15-10(11-13-14-15)9(12-16)7-4-3-5-8(6-7)17-2/h3-6,9,12,16H,1-2H3. The van der Waals surface area contributed by atoms with Crippen molar-refractivity contribution >= 4 is 11.8 Å². The van der Waals surface area contributed by atoms with Gasteiger partial charge in [-0.3, -0.25) is 0 Å². The van der Waals surface area contributed by atoms with Crippen LogP contribution < -0.4 is 5.48 Å². The number of nitrogens with zero attached hydrogens (tertiary/aromatic N) is 4. The molecule has 90 valence electrons. The Bertz CT molecular complexity index is 501. The van der Waals surface area contributed by atoms with Gasteiger partial charge in [0.25, 0.3) is 0 Å². The molecular weight excluding hydrogens is 238 g/mol. The average Bonchev–Trinajstić information content (AvgIpc) is 2.77. The third-order valence-corrected chi connectivity index (χ3v) is 3.19. The van der Waals surface area contributed by atoms with E-state index in [9.17, 15) is 5.21 Å². The molecule has 0 saturated heterocycles. The normalized spacial score (nSPS) is 12.6. The Kier molecular flexibility index (Phi) is 3.72. The second-order valence-electron chi connectivity index (χ2n) is 3.50. The Morgan fingerprint density at radius 3 is 2.88 bits per heavy atom. The van der Waals surface area contributed by atoms with E-state index in [1.54, 1.807) is 18.8 Å². The van der Waals surface area contributed by atoms with Gasteiger partial charge in [-0.05, 0) is 34.4 Å². The minimum absolute atomic E-state index is 0.429. The lowest BCUT2D eigenvalue weighted by Gasteiger charge is -2.14. The first-order valence-electron chi connectivity index (χ1n) is 5.02. The van der Waals surface area contributed by atoms with Gasteiger partial charge in [0.1, 0.15) is 6.04 Å². The van der Waals surface area contributed by atoms with Crippen molar-refractivity contribution in [2.24, 2.45) is 7.05 Å². The first kappa shape index (κ1) is 12.0. The highest BCUT2D eigenvalue weighted by atomic mass is 32.2. The van der Waals surface area contributed by atoms with Crippen LogP contribution in [0.25, 0.3) is 0 Å². The molecular formula is C10H13N5OS. The van der Waals surface area contributed by atoms with E-state index < -0.39 is 6.04 Å². The molecule has 1 heterocycles. The van der Waals surface area contributed by atoms with Crippen LogP contribution in [0.1, 0.15) is 17.4 Å². The number of aryl methyl sites for hydroxylation is 1. The second-order valence-corrected chi connectivity index (χ2v) is 4.38. The maximum absolute atomic E-state index is 9.27. The first-order valence-corrected chi connectivity index (χ1v) is 6.24. The topological polar surface area (TPSA) is 75.9 Å². The molecule has 0 saturated carbocycles. The lowest BCUT2D eigenvalue weighted by Crippen LogP contribution is -2.22. The summed E-state index contributed by atoms with van der Waals surface area (Å²) in [5.41, 5.74) is 3.15. The van der Waals surface area contributed by atoms with Crippen molar-refractivity contribution in [2.75, 3.05) is 6.26 Å². The second kappa shape index (κ2) is 5.26. The molecule has 0 aliphatic carbocycles. The van der Waals surface area contributed by atoms with Crippen LogP contribution in [0.5, 0.6) is 0 Å². The Hall–Kier alpha value is -1.44. The lowest BCUT2D eigenvalue weighted by atomic mass is 10.1. The van der Waals surface area contributed by atoms with E-state index in [1.165, 1.54) is 4.68 Å². The summed E-state index contributed by atoms with van der Waals surface area (Å²) in [7, 11) is 1.73. The summed E-state index contributed by atoms with van der Waals surface area (Å²) < 4.78 is 1.53. The highest BCUT2D eigenvalue weighted by Crippen LogP contribution is 2.23. The van der Waals surface area contributed by atoms with Crippen molar-refractivity contribution in [3.63, 3.8) is 0 Å². The van der Waals surface area contributed by atoms with Gasteiger partial charge in [-0.15, -0.1) is 16.9 Å². The van der Waals surface area contributed by atoms with Gasteiger partial charge in [-0.2, -0.15) is 5.48 Å². The van der Waals surface area contributed by atoms with E-state index in [2.05, 4.69) is 21.0 Å². The zero-order valence-electron chi connectivity index (χ0n) is 9.53. The molecule has 1 aromatic carbocycles. The third-order valence-electron chi connectivity index (χ3n) is 2.47. The van der Waals surface area contributed by atoms with Crippen LogP contribution in [0.3, 0.4) is 0 Å². The van der Waals surface area contributed by atoms with E-state index in [4.69, 9.17) is 0 Å². The number of hydrogen-bond donors (Lipinski definition) is 2. The van der Waals surface area contributed by atoms with E-state index in [-0.39, 0.29) is 0 Å². The summed E-state index contributed by atoms with van der Waals surface area (Å²) in [4.78, 5) is 1.12. The Morgan fingerprint density at radius 2 is 2.29 bits per heavy atom. The molecule has 7 heteroatoms. The molecule has 0 fully saturated rings. The third kappa shape index (κ3) is 2.46. The van der Waals surface area contributed by atoms with Gasteiger partial charge in [0, 0.05) is 11.9 Å². The van der Waals surface area contributed by atoms with Gasteiger partial charge >= 0.3 is 0 Å². The summed E-state index contributed by atoms with van der Waals surface area (Å²) in [6.07, 6.45) is 2.00. The molecule has 0 aliphatic rings. The molecule has 0 amide bonds. The number of rotatable bonds is 4. The van der Waals surface area contributed by atoms with Gasteiger partial charge in [-0.25, -0.2) is 4.68 Å². The van der Waals surface area contributed by atoms with Gasteiger partial charge in [0.05, 0.1) is 0 Å². The largest absolute Gasteiger partial charge is 0.316 e. The smallest absolute Gasteiger partial charge is 0.174 e. The fraction of sp³-hybridized carbons (Fsp3) is 0.300. The first-order chi connectivity index (χ1) is 8.26. The molecule has 0 bridgehead atoms. The fourth-order valence-electron chi connectivity index (χ4n) is 1.58. The number of tetrazole rings is 1. The molecule has 2 N–H and O–H groups in total. The van der Waals surface area contributed by atoms with E-state index in [1.807, 2.05) is 30.5 Å². The molecule has 17 heavy (non-hydrogen) atoms. The zero-order valence-corrected chi connectivity index (χ0v) is 10.3. The zero-order chi connectivity index (χ0) is 12.3. The number of benzene rings is 1. The lowest BCUT2D eigenvalue weighted by molar-refractivity contribution is 0.136. The van der Waals surface area contributed by atoms with Gasteiger partial charge < -0.3 is 5.21 Å². The van der Waals surface area contributed by atoms with Crippen molar-refractivity contribution in [1.82, 2.24) is 25.7 Å². The van der Waals surface area contributed by atoms with Crippen LogP contribution in [0.2, 0.25) is 0 Å². The van der Waals surface area contributed by atoms with Crippen LogP contribution >= 0.6 is 11.8 Å². The monoisotopic (exact) mass is 251 g/mol. The van der Waals surface area contributed by atoms with Crippen LogP contribution in [0, 0.1) is 0 Å². The number of thioether (sulfide) groups is 1. The summed E-state index contributed by atoms with van der Waals surface area (Å²) in [5.74, 6) is 0.561. The highest BCUT2D eigenvalue weighted by molar-refractivity contribution is 7.98. The van der Waals surface area contributed by atoms with Crippen LogP contribution in [-0.4, -0.2) is 31.7 Å². The van der Waals surface area contributed by atoms with Crippen molar-refractivity contribution in [3.05, 3.63) is 35.7 Å². The van der Waals surface area contributed by atoms with Crippen LogP contribution in [0.4, 0.5) is 0 Å². The molecule has 1 unspecified atom stereocenters. The maximum atomic E-state index is 9.27. The van der Waals surface area contributed by atoms with E-state index in [0.717, 1.165) is 10.5 Å². The van der Waals surface area contributed by atoms with E-state index >= 15 is 0 Å². The predicted molar refractivity (Wildman–Crippen MR) is 63.8 cm³/mol. The molecule has 0 aliphatic heterocycles. The molecule has 0 spiro atoms. The summed E-state index contributed by atoms with van der Waals surface area (Å²) in [6.45, 7) is 0. The summed E-state index contributed by atoms with van der Waals surface area (Å²) in [6, 6.07) is 7.43. The van der Waals surface area contributed by atoms with Crippen LogP contribution in [-0.2, 0) is 7.05 Å². The van der Waals surface area contributed by atoms with Crippen molar-refractivity contribution in [2.45, 2.75) is 10.9 Å². The van der Waals surface area contributed by atoms with Crippen molar-refractivity contribution in [3.8, 4) is 0 Å². The Balaban J connectivity index is 2.38. The summed E-state index contributed by atoms with van der Waals surface area (Å²) >= 11 is 1.64. The maximum Gasteiger partial charge on any atom is 0.174 e.